The predicted molar refractivity (Wildman–Crippen MR) is 89.8 cm³/mol. The smallest absolute Gasteiger partial charge is 0.147 e. The van der Waals surface area contributed by atoms with Crippen molar-refractivity contribution in [3.63, 3.8) is 0 Å². The minimum atomic E-state index is 0.772. The molecule has 1 aromatic carbocycles. The monoisotopic (exact) mass is 368 g/mol. The van der Waals surface area contributed by atoms with Crippen LogP contribution in [-0.2, 0) is 0 Å². The number of rotatable bonds is 4. The van der Waals surface area contributed by atoms with Gasteiger partial charge in [-0.1, -0.05) is 39.3 Å². The highest BCUT2D eigenvalue weighted by Gasteiger charge is 2.24. The van der Waals surface area contributed by atoms with Crippen LogP contribution in [0, 0.1) is 0 Å². The number of aromatic nitrogens is 1. The second-order valence-corrected chi connectivity index (χ2v) is 6.90. The second-order valence-electron chi connectivity index (χ2n) is 4.59. The highest BCUT2D eigenvalue weighted by Crippen LogP contribution is 2.47. The van der Waals surface area contributed by atoms with Crippen molar-refractivity contribution in [2.24, 2.45) is 0 Å². The molecule has 0 unspecified atom stereocenters. The summed E-state index contributed by atoms with van der Waals surface area (Å²) in [5, 5.41) is 1.81. The highest BCUT2D eigenvalue weighted by atomic mass is 79.9. The molecule has 0 saturated carbocycles. The van der Waals surface area contributed by atoms with E-state index in [1.165, 1.54) is 15.5 Å². The number of fused-ring (bicyclic) bond motifs is 2. The maximum Gasteiger partial charge on any atom is 0.147 e. The minimum Gasteiger partial charge on any atom is -0.324 e. The maximum atomic E-state index is 6.17. The van der Waals surface area contributed by atoms with Crippen LogP contribution in [0.5, 0.6) is 0 Å². The van der Waals surface area contributed by atoms with Gasteiger partial charge < -0.3 is 4.90 Å². The van der Waals surface area contributed by atoms with Crippen LogP contribution in [0.15, 0.2) is 46.3 Å². The summed E-state index contributed by atoms with van der Waals surface area (Å²) in [6.07, 6.45) is 4.13. The minimum absolute atomic E-state index is 0.772. The van der Waals surface area contributed by atoms with E-state index in [2.05, 4.69) is 37.9 Å². The summed E-state index contributed by atoms with van der Waals surface area (Å²) in [4.78, 5) is 9.30. The first-order valence-corrected chi connectivity index (χ1v) is 8.87. The molecule has 3 rings (SSSR count). The second kappa shape index (κ2) is 6.37. The Morgan fingerprint density at radius 2 is 2.10 bits per heavy atom. The third-order valence-electron chi connectivity index (χ3n) is 3.20. The number of unbranched alkanes of at least 4 members (excludes halogenated alkanes) is 1. The normalized spacial score (nSPS) is 13.0. The van der Waals surface area contributed by atoms with Crippen molar-refractivity contribution in [2.75, 3.05) is 16.8 Å². The average Bonchev–Trinajstić information content (AvgIpc) is 2.47. The van der Waals surface area contributed by atoms with Crippen LogP contribution < -0.4 is 4.90 Å². The van der Waals surface area contributed by atoms with Gasteiger partial charge >= 0.3 is 0 Å². The molecule has 5 heteroatoms. The number of anilines is 2. The molecule has 0 radical (unpaired) electrons. The van der Waals surface area contributed by atoms with E-state index in [-0.39, 0.29) is 0 Å². The van der Waals surface area contributed by atoms with Gasteiger partial charge in [0.05, 0.1) is 10.6 Å². The van der Waals surface area contributed by atoms with Crippen LogP contribution >= 0.6 is 39.3 Å². The van der Waals surface area contributed by atoms with Crippen LogP contribution in [0.4, 0.5) is 11.5 Å². The van der Waals surface area contributed by atoms with Gasteiger partial charge in [0.15, 0.2) is 0 Å². The maximum absolute atomic E-state index is 6.17. The number of hydrogen-bond acceptors (Lipinski definition) is 3. The fourth-order valence-corrected chi connectivity index (χ4v) is 3.89. The van der Waals surface area contributed by atoms with E-state index < -0.39 is 0 Å². The highest BCUT2D eigenvalue weighted by molar-refractivity contribution is 9.09. The first kappa shape index (κ1) is 14.2. The Balaban J connectivity index is 1.99. The van der Waals surface area contributed by atoms with E-state index in [0.717, 1.165) is 35.6 Å². The molecule has 2 aromatic rings. The number of benzene rings is 1. The van der Waals surface area contributed by atoms with Gasteiger partial charge in [0.25, 0.3) is 0 Å². The first-order chi connectivity index (χ1) is 9.79. The summed E-state index contributed by atoms with van der Waals surface area (Å²) in [5.74, 6) is 1.04. The number of pyridine rings is 1. The SMILES string of the molecule is Clc1ccc2c(c1)N(CCCCBr)c1ncccc1S2. The lowest BCUT2D eigenvalue weighted by Gasteiger charge is -2.31. The van der Waals surface area contributed by atoms with Crippen LogP contribution in [0.3, 0.4) is 0 Å². The van der Waals surface area contributed by atoms with Gasteiger partial charge in [0.2, 0.25) is 0 Å². The first-order valence-electron chi connectivity index (χ1n) is 6.55. The van der Waals surface area contributed by atoms with E-state index in [9.17, 15) is 0 Å². The topological polar surface area (TPSA) is 16.1 Å². The molecule has 0 bridgehead atoms. The summed E-state index contributed by atoms with van der Waals surface area (Å²) in [6, 6.07) is 10.2. The quantitative estimate of drug-likeness (QED) is 0.522. The van der Waals surface area contributed by atoms with Crippen molar-refractivity contribution in [2.45, 2.75) is 22.6 Å². The van der Waals surface area contributed by atoms with Crippen molar-refractivity contribution in [1.29, 1.82) is 0 Å². The third-order valence-corrected chi connectivity index (χ3v) is 5.10. The molecule has 1 aliphatic heterocycles. The molecule has 0 amide bonds. The molecule has 20 heavy (non-hydrogen) atoms. The fourth-order valence-electron chi connectivity index (χ4n) is 2.28. The molecular weight excluding hydrogens is 356 g/mol. The van der Waals surface area contributed by atoms with Gasteiger partial charge in [0, 0.05) is 28.0 Å². The van der Waals surface area contributed by atoms with Crippen LogP contribution in [0.1, 0.15) is 12.8 Å². The number of hydrogen-bond donors (Lipinski definition) is 0. The summed E-state index contributed by atoms with van der Waals surface area (Å²) in [7, 11) is 0. The zero-order valence-corrected chi connectivity index (χ0v) is 14.0. The van der Waals surface area contributed by atoms with E-state index >= 15 is 0 Å². The van der Waals surface area contributed by atoms with E-state index in [4.69, 9.17) is 11.6 Å². The summed E-state index contributed by atoms with van der Waals surface area (Å²) in [6.45, 7) is 0.962. The predicted octanol–water partition coefficient (Wildman–Crippen LogP) is 5.51. The van der Waals surface area contributed by atoms with Gasteiger partial charge in [0.1, 0.15) is 5.82 Å². The Labute approximate surface area is 136 Å². The van der Waals surface area contributed by atoms with Gasteiger partial charge in [-0.2, -0.15) is 0 Å². The molecule has 2 nitrogen and oxygen atoms in total. The Bertz CT molecular complexity index is 621. The molecule has 0 atom stereocenters. The van der Waals surface area contributed by atoms with Crippen LogP contribution in [0.25, 0.3) is 0 Å². The van der Waals surface area contributed by atoms with E-state index in [0.29, 0.717) is 0 Å². The van der Waals surface area contributed by atoms with Gasteiger partial charge in [-0.25, -0.2) is 4.98 Å². The number of halogens is 2. The number of nitrogens with zero attached hydrogens (tertiary/aromatic N) is 2. The van der Waals surface area contributed by atoms with Crippen molar-refractivity contribution < 1.29 is 0 Å². The summed E-state index contributed by atoms with van der Waals surface area (Å²) in [5.41, 5.74) is 1.17. The summed E-state index contributed by atoms with van der Waals surface area (Å²) >= 11 is 11.4. The zero-order chi connectivity index (χ0) is 13.9. The van der Waals surface area contributed by atoms with Crippen LogP contribution in [0.2, 0.25) is 5.02 Å². The summed E-state index contributed by atoms with van der Waals surface area (Å²) < 4.78 is 0. The molecule has 0 aliphatic carbocycles. The third kappa shape index (κ3) is 2.83. The zero-order valence-electron chi connectivity index (χ0n) is 10.9. The van der Waals surface area contributed by atoms with Gasteiger partial charge in [-0.05, 0) is 43.2 Å². The number of alkyl halides is 1. The van der Waals surface area contributed by atoms with Crippen LogP contribution in [-0.4, -0.2) is 16.9 Å². The molecule has 1 aromatic heterocycles. The largest absolute Gasteiger partial charge is 0.324 e. The Kier molecular flexibility index (Phi) is 4.54. The molecule has 0 N–H and O–H groups in total. The van der Waals surface area contributed by atoms with Crippen molar-refractivity contribution >= 4 is 50.8 Å². The van der Waals surface area contributed by atoms with Gasteiger partial charge in [-0.3, -0.25) is 0 Å². The molecule has 1 aliphatic rings. The molecule has 0 spiro atoms. The Morgan fingerprint density at radius 1 is 1.20 bits per heavy atom. The standard InChI is InChI=1S/C15H14BrClN2S/c16-7-1-2-9-19-12-10-11(17)5-6-13(12)20-14-4-3-8-18-15(14)19/h3-6,8,10H,1-2,7,9H2. The van der Waals surface area contributed by atoms with Crippen molar-refractivity contribution in [3.05, 3.63) is 41.6 Å². The van der Waals surface area contributed by atoms with Crippen molar-refractivity contribution in [1.82, 2.24) is 4.98 Å². The Hall–Kier alpha value is -0.710. The van der Waals surface area contributed by atoms with Gasteiger partial charge in [-0.15, -0.1) is 0 Å². The molecule has 2 heterocycles. The molecule has 0 fully saturated rings. The van der Waals surface area contributed by atoms with E-state index in [1.54, 1.807) is 11.8 Å². The fraction of sp³-hybridized carbons (Fsp3) is 0.267. The lowest BCUT2D eigenvalue weighted by molar-refractivity contribution is 0.777. The lowest BCUT2D eigenvalue weighted by Crippen LogP contribution is -2.23. The Morgan fingerprint density at radius 3 is 2.95 bits per heavy atom. The van der Waals surface area contributed by atoms with Crippen molar-refractivity contribution in [3.8, 4) is 0 Å². The average molecular weight is 370 g/mol. The molecular formula is C15H14BrClN2S. The van der Waals surface area contributed by atoms with E-state index in [1.807, 2.05) is 24.4 Å². The molecule has 0 saturated heterocycles. The molecule has 104 valence electrons. The lowest BCUT2D eigenvalue weighted by atomic mass is 10.2.